The molecule has 0 radical (unpaired) electrons. The third-order valence-electron chi connectivity index (χ3n) is 4.78. The number of rotatable bonds is 3. The van der Waals surface area contributed by atoms with E-state index < -0.39 is 0 Å². The number of nitrogens with zero attached hydrogens (tertiary/aromatic N) is 4. The van der Waals surface area contributed by atoms with Crippen molar-refractivity contribution in [1.29, 1.82) is 0 Å². The van der Waals surface area contributed by atoms with E-state index in [0.29, 0.717) is 29.8 Å². The number of carbonyl (C=O) groups is 1. The highest BCUT2D eigenvalue weighted by atomic mass is 16.3. The van der Waals surface area contributed by atoms with E-state index in [1.54, 1.807) is 14.0 Å². The van der Waals surface area contributed by atoms with E-state index in [2.05, 4.69) is 15.1 Å². The minimum atomic E-state index is -0.309. The summed E-state index contributed by atoms with van der Waals surface area (Å²) in [7, 11) is 1.60. The fourth-order valence-corrected chi connectivity index (χ4v) is 3.23. The maximum atomic E-state index is 12.3. The molecule has 3 heterocycles. The zero-order chi connectivity index (χ0) is 19.1. The van der Waals surface area contributed by atoms with Gasteiger partial charge in [0, 0.05) is 19.9 Å². The number of hydrogen-bond acceptors (Lipinski definition) is 5. The Kier molecular flexibility index (Phi) is 4.02. The maximum absolute atomic E-state index is 12.3. The van der Waals surface area contributed by atoms with Crippen molar-refractivity contribution < 1.29 is 9.90 Å². The van der Waals surface area contributed by atoms with Gasteiger partial charge in [-0.05, 0) is 12.5 Å². The number of aromatic amines is 1. The second-order valence-electron chi connectivity index (χ2n) is 6.58. The van der Waals surface area contributed by atoms with E-state index in [-0.39, 0.29) is 29.3 Å². The van der Waals surface area contributed by atoms with Crippen LogP contribution < -0.4 is 5.56 Å². The highest BCUT2D eigenvalue weighted by molar-refractivity contribution is 6.04. The maximum Gasteiger partial charge on any atom is 0.258 e. The molecule has 138 valence electrons. The quantitative estimate of drug-likeness (QED) is 0.738. The zero-order valence-corrected chi connectivity index (χ0v) is 15.1. The van der Waals surface area contributed by atoms with E-state index in [1.807, 2.05) is 30.3 Å². The molecular weight excluding hydrogens is 346 g/mol. The van der Waals surface area contributed by atoms with Gasteiger partial charge in [-0.25, -0.2) is 9.99 Å². The molecule has 8 heteroatoms. The Morgan fingerprint density at radius 1 is 1.19 bits per heavy atom. The number of carbonyl (C=O) groups excluding carboxylic acids is 1. The van der Waals surface area contributed by atoms with Crippen molar-refractivity contribution in [3.05, 3.63) is 57.6 Å². The summed E-state index contributed by atoms with van der Waals surface area (Å²) >= 11 is 0. The fourth-order valence-electron chi connectivity index (χ4n) is 3.23. The highest BCUT2D eigenvalue weighted by Gasteiger charge is 2.23. The lowest BCUT2D eigenvalue weighted by Gasteiger charge is -2.22. The highest BCUT2D eigenvalue weighted by Crippen LogP contribution is 2.24. The lowest BCUT2D eigenvalue weighted by atomic mass is 10.0. The number of aromatic nitrogens is 3. The number of amides is 1. The fraction of sp³-hybridized carbons (Fsp3) is 0.263. The first-order valence-electron chi connectivity index (χ1n) is 8.66. The minimum absolute atomic E-state index is 0.0931. The normalized spacial score (nSPS) is 14.7. The van der Waals surface area contributed by atoms with Gasteiger partial charge in [0.15, 0.2) is 11.4 Å². The van der Waals surface area contributed by atoms with Crippen LogP contribution in [0.4, 0.5) is 0 Å². The number of pyridine rings is 1. The summed E-state index contributed by atoms with van der Waals surface area (Å²) in [5.74, 6) is 0.238. The summed E-state index contributed by atoms with van der Waals surface area (Å²) in [5.41, 5.74) is 2.49. The minimum Gasteiger partial charge on any atom is -0.505 e. The lowest BCUT2D eigenvalue weighted by Crippen LogP contribution is -2.31. The average molecular weight is 365 g/mol. The molecule has 0 saturated heterocycles. The van der Waals surface area contributed by atoms with Gasteiger partial charge < -0.3 is 10.1 Å². The Hall–Kier alpha value is -3.42. The molecule has 0 spiro atoms. The van der Waals surface area contributed by atoms with Crippen molar-refractivity contribution in [2.45, 2.75) is 26.3 Å². The molecule has 1 aliphatic rings. The van der Waals surface area contributed by atoms with Gasteiger partial charge >= 0.3 is 0 Å². The second kappa shape index (κ2) is 6.39. The van der Waals surface area contributed by atoms with E-state index in [4.69, 9.17) is 0 Å². The van der Waals surface area contributed by atoms with E-state index in [0.717, 1.165) is 11.3 Å². The van der Waals surface area contributed by atoms with Crippen molar-refractivity contribution in [3.8, 4) is 5.75 Å². The van der Waals surface area contributed by atoms with Crippen LogP contribution in [0.1, 0.15) is 29.8 Å². The molecule has 2 aromatic heterocycles. The van der Waals surface area contributed by atoms with Gasteiger partial charge in [0.1, 0.15) is 17.9 Å². The van der Waals surface area contributed by atoms with Gasteiger partial charge in [-0.15, -0.1) is 0 Å². The predicted molar refractivity (Wildman–Crippen MR) is 100 cm³/mol. The van der Waals surface area contributed by atoms with E-state index >= 15 is 0 Å². The smallest absolute Gasteiger partial charge is 0.258 e. The van der Waals surface area contributed by atoms with Crippen LogP contribution in [0.3, 0.4) is 0 Å². The Balaban J connectivity index is 1.71. The molecule has 27 heavy (non-hydrogen) atoms. The SMILES string of the molecule is Cc1c(O)c2[nH]c(CN3N=C(c4ccccc4)CCC3=O)nc2n(C)c1=O. The molecule has 0 aliphatic carbocycles. The molecule has 1 aromatic carbocycles. The topological polar surface area (TPSA) is 104 Å². The molecule has 2 N–H and O–H groups in total. The molecular formula is C19H19N5O3. The number of fused-ring (bicyclic) bond motifs is 1. The first-order valence-corrected chi connectivity index (χ1v) is 8.66. The third kappa shape index (κ3) is 2.88. The standard InChI is InChI=1S/C19H19N5O3/c1-11-17(26)16-18(23(2)19(11)27)21-14(20-16)10-24-15(25)9-8-13(22-24)12-6-4-3-5-7-12/h3-7,26H,8-10H2,1-2H3,(H,20,21). The Labute approximate surface area is 154 Å². The molecule has 0 saturated carbocycles. The van der Waals surface area contributed by atoms with Crippen LogP contribution in [0.25, 0.3) is 11.2 Å². The van der Waals surface area contributed by atoms with Gasteiger partial charge in [0.2, 0.25) is 5.91 Å². The molecule has 1 aliphatic heterocycles. The molecule has 0 unspecified atom stereocenters. The summed E-state index contributed by atoms with van der Waals surface area (Å²) in [4.78, 5) is 31.8. The van der Waals surface area contributed by atoms with Gasteiger partial charge in [0.05, 0.1) is 11.3 Å². The van der Waals surface area contributed by atoms with Crippen LogP contribution in [0.15, 0.2) is 40.2 Å². The van der Waals surface area contributed by atoms with Crippen LogP contribution in [-0.4, -0.2) is 36.3 Å². The molecule has 0 atom stereocenters. The number of aromatic hydroxyl groups is 1. The summed E-state index contributed by atoms with van der Waals surface area (Å²) in [6, 6.07) is 9.73. The van der Waals surface area contributed by atoms with Crippen molar-refractivity contribution >= 4 is 22.8 Å². The van der Waals surface area contributed by atoms with Gasteiger partial charge in [0.25, 0.3) is 5.56 Å². The molecule has 1 amide bonds. The van der Waals surface area contributed by atoms with Gasteiger partial charge in [-0.3, -0.25) is 14.2 Å². The molecule has 3 aromatic rings. The van der Waals surface area contributed by atoms with Crippen LogP contribution in [-0.2, 0) is 18.4 Å². The van der Waals surface area contributed by atoms with Crippen molar-refractivity contribution in [1.82, 2.24) is 19.5 Å². The van der Waals surface area contributed by atoms with Gasteiger partial charge in [-0.2, -0.15) is 5.10 Å². The number of aryl methyl sites for hydroxylation is 1. The van der Waals surface area contributed by atoms with E-state index in [9.17, 15) is 14.7 Å². The first-order chi connectivity index (χ1) is 13.0. The molecule has 0 fully saturated rings. The summed E-state index contributed by atoms with van der Waals surface area (Å²) in [5, 5.41) is 16.1. The molecule has 8 nitrogen and oxygen atoms in total. The monoisotopic (exact) mass is 365 g/mol. The Morgan fingerprint density at radius 3 is 2.67 bits per heavy atom. The number of benzene rings is 1. The Bertz CT molecular complexity index is 1130. The molecule has 4 rings (SSSR count). The number of imidazole rings is 1. The van der Waals surface area contributed by atoms with Crippen LogP contribution in [0, 0.1) is 6.92 Å². The third-order valence-corrected chi connectivity index (χ3v) is 4.78. The average Bonchev–Trinajstić information content (AvgIpc) is 3.11. The molecule has 0 bridgehead atoms. The predicted octanol–water partition coefficient (Wildman–Crippen LogP) is 1.80. The number of hydrogen-bond donors (Lipinski definition) is 2. The summed E-state index contributed by atoms with van der Waals surface area (Å²) in [6.45, 7) is 1.69. The lowest BCUT2D eigenvalue weighted by molar-refractivity contribution is -0.132. The van der Waals surface area contributed by atoms with Gasteiger partial charge in [-0.1, -0.05) is 30.3 Å². The summed E-state index contributed by atoms with van der Waals surface area (Å²) in [6.07, 6.45) is 0.963. The van der Waals surface area contributed by atoms with Crippen LogP contribution in [0.2, 0.25) is 0 Å². The first kappa shape index (κ1) is 17.0. The van der Waals surface area contributed by atoms with Crippen molar-refractivity contribution in [3.63, 3.8) is 0 Å². The Morgan fingerprint density at radius 2 is 1.93 bits per heavy atom. The number of hydrazone groups is 1. The van der Waals surface area contributed by atoms with Crippen LogP contribution >= 0.6 is 0 Å². The zero-order valence-electron chi connectivity index (χ0n) is 15.1. The number of H-pyrrole nitrogens is 1. The largest absolute Gasteiger partial charge is 0.505 e. The van der Waals surface area contributed by atoms with Crippen LogP contribution in [0.5, 0.6) is 5.75 Å². The van der Waals surface area contributed by atoms with E-state index in [1.165, 1.54) is 9.58 Å². The summed E-state index contributed by atoms with van der Waals surface area (Å²) < 4.78 is 1.38. The van der Waals surface area contributed by atoms with Crippen molar-refractivity contribution in [2.75, 3.05) is 0 Å². The number of nitrogens with one attached hydrogen (secondary N) is 1. The second-order valence-corrected chi connectivity index (χ2v) is 6.58. The van der Waals surface area contributed by atoms with Crippen molar-refractivity contribution in [2.24, 2.45) is 12.1 Å².